The van der Waals surface area contributed by atoms with Crippen LogP contribution in [0.1, 0.15) is 35.8 Å². The lowest BCUT2D eigenvalue weighted by Gasteiger charge is -2.02. The van der Waals surface area contributed by atoms with Crippen LogP contribution in [0.2, 0.25) is 0 Å². The average molecular weight is 163 g/mol. The summed E-state index contributed by atoms with van der Waals surface area (Å²) in [5, 5.41) is 0. The fraction of sp³-hybridized carbons (Fsp3) is 0.556. The molecule has 3 heteroatoms. The first-order chi connectivity index (χ1) is 5.81. The summed E-state index contributed by atoms with van der Waals surface area (Å²) in [6.07, 6.45) is 4.36. The summed E-state index contributed by atoms with van der Waals surface area (Å²) in [7, 11) is 0. The van der Waals surface area contributed by atoms with E-state index in [4.69, 9.17) is 5.73 Å². The van der Waals surface area contributed by atoms with Gasteiger partial charge in [-0.1, -0.05) is 0 Å². The van der Waals surface area contributed by atoms with Crippen molar-refractivity contribution in [3.8, 4) is 0 Å². The molecular weight excluding hydrogens is 150 g/mol. The summed E-state index contributed by atoms with van der Waals surface area (Å²) >= 11 is 0. The third-order valence-corrected chi connectivity index (χ3v) is 2.26. The van der Waals surface area contributed by atoms with Crippen molar-refractivity contribution in [1.29, 1.82) is 0 Å². The molecule has 0 unspecified atom stereocenters. The van der Waals surface area contributed by atoms with E-state index in [1.54, 1.807) is 0 Å². The molecule has 2 N–H and O–H groups in total. The molecule has 2 rings (SSSR count). The van der Waals surface area contributed by atoms with E-state index in [1.165, 1.54) is 12.8 Å². The minimum absolute atomic E-state index is 0.538. The van der Waals surface area contributed by atoms with E-state index in [-0.39, 0.29) is 0 Å². The Hall–Kier alpha value is -0.960. The maximum atomic E-state index is 5.51. The number of hydrogen-bond donors (Lipinski definition) is 1. The van der Waals surface area contributed by atoms with Crippen molar-refractivity contribution in [1.82, 2.24) is 9.97 Å². The van der Waals surface area contributed by atoms with Crippen LogP contribution in [-0.2, 0) is 6.54 Å². The van der Waals surface area contributed by atoms with Gasteiger partial charge in [0.05, 0.1) is 0 Å². The van der Waals surface area contributed by atoms with Crippen molar-refractivity contribution in [3.05, 3.63) is 23.3 Å². The molecule has 0 amide bonds. The van der Waals surface area contributed by atoms with Crippen LogP contribution in [0.3, 0.4) is 0 Å². The van der Waals surface area contributed by atoms with Gasteiger partial charge in [-0.2, -0.15) is 0 Å². The number of aromatic nitrogens is 2. The predicted molar refractivity (Wildman–Crippen MR) is 46.6 cm³/mol. The lowest BCUT2D eigenvalue weighted by Crippen LogP contribution is -2.04. The van der Waals surface area contributed by atoms with Crippen molar-refractivity contribution in [2.75, 3.05) is 0 Å². The lowest BCUT2D eigenvalue weighted by molar-refractivity contribution is 0.870. The van der Waals surface area contributed by atoms with Crippen molar-refractivity contribution >= 4 is 0 Å². The minimum Gasteiger partial charge on any atom is -0.326 e. The van der Waals surface area contributed by atoms with Gasteiger partial charge < -0.3 is 5.73 Å². The van der Waals surface area contributed by atoms with Gasteiger partial charge in [-0.3, -0.25) is 0 Å². The first kappa shape index (κ1) is 7.68. The lowest BCUT2D eigenvalue weighted by atomic mass is 10.2. The van der Waals surface area contributed by atoms with Crippen molar-refractivity contribution in [2.45, 2.75) is 32.2 Å². The third kappa shape index (κ3) is 1.32. The van der Waals surface area contributed by atoms with Crippen LogP contribution in [0.4, 0.5) is 0 Å². The number of nitrogens with zero attached hydrogens (tertiary/aromatic N) is 2. The highest BCUT2D eigenvalue weighted by atomic mass is 14.9. The molecule has 1 heterocycles. The highest BCUT2D eigenvalue weighted by molar-refractivity contribution is 5.18. The van der Waals surface area contributed by atoms with Gasteiger partial charge >= 0.3 is 0 Å². The molecule has 12 heavy (non-hydrogen) atoms. The van der Waals surface area contributed by atoms with E-state index >= 15 is 0 Å². The summed E-state index contributed by atoms with van der Waals surface area (Å²) in [4.78, 5) is 8.70. The highest BCUT2D eigenvalue weighted by Gasteiger charge is 2.26. The minimum atomic E-state index is 0.538. The zero-order valence-electron chi connectivity index (χ0n) is 7.25. The normalized spacial score (nSPS) is 16.5. The quantitative estimate of drug-likeness (QED) is 0.710. The van der Waals surface area contributed by atoms with Gasteiger partial charge in [-0.25, -0.2) is 9.97 Å². The van der Waals surface area contributed by atoms with Gasteiger partial charge in [-0.15, -0.1) is 0 Å². The number of aryl methyl sites for hydroxylation is 1. The molecular formula is C9H13N3. The van der Waals surface area contributed by atoms with E-state index in [9.17, 15) is 0 Å². The molecule has 1 fully saturated rings. The van der Waals surface area contributed by atoms with Crippen LogP contribution in [0.15, 0.2) is 6.20 Å². The monoisotopic (exact) mass is 163 g/mol. The Morgan fingerprint density at radius 3 is 2.83 bits per heavy atom. The molecule has 0 aliphatic heterocycles. The smallest absolute Gasteiger partial charge is 0.131 e. The Morgan fingerprint density at radius 1 is 1.58 bits per heavy atom. The Bertz CT molecular complexity index is 292. The topological polar surface area (TPSA) is 51.8 Å². The molecule has 0 spiro atoms. The molecule has 1 saturated carbocycles. The second-order valence-electron chi connectivity index (χ2n) is 3.32. The van der Waals surface area contributed by atoms with Crippen molar-refractivity contribution in [3.63, 3.8) is 0 Å². The summed E-state index contributed by atoms with van der Waals surface area (Å²) < 4.78 is 0. The average Bonchev–Trinajstić information content (AvgIpc) is 2.86. The number of rotatable bonds is 2. The molecule has 1 aromatic rings. The third-order valence-electron chi connectivity index (χ3n) is 2.26. The van der Waals surface area contributed by atoms with Gasteiger partial charge in [0.1, 0.15) is 5.82 Å². The molecule has 0 radical (unpaired) electrons. The Balaban J connectivity index is 2.30. The van der Waals surface area contributed by atoms with E-state index in [2.05, 4.69) is 9.97 Å². The summed E-state index contributed by atoms with van der Waals surface area (Å²) in [6.45, 7) is 2.53. The van der Waals surface area contributed by atoms with Crippen LogP contribution in [0, 0.1) is 6.92 Å². The van der Waals surface area contributed by atoms with Gasteiger partial charge in [0.2, 0.25) is 0 Å². The first-order valence-electron chi connectivity index (χ1n) is 4.33. The highest BCUT2D eigenvalue weighted by Crippen LogP contribution is 2.37. The summed E-state index contributed by atoms with van der Waals surface area (Å²) in [5.41, 5.74) is 7.60. The maximum Gasteiger partial charge on any atom is 0.131 e. The van der Waals surface area contributed by atoms with Crippen LogP contribution < -0.4 is 5.73 Å². The van der Waals surface area contributed by atoms with Crippen molar-refractivity contribution in [2.24, 2.45) is 5.73 Å². The second-order valence-corrected chi connectivity index (χ2v) is 3.32. The van der Waals surface area contributed by atoms with E-state index in [1.807, 2.05) is 13.1 Å². The Morgan fingerprint density at radius 2 is 2.33 bits per heavy atom. The molecule has 1 aliphatic rings. The second kappa shape index (κ2) is 2.83. The van der Waals surface area contributed by atoms with Crippen LogP contribution >= 0.6 is 0 Å². The van der Waals surface area contributed by atoms with Gasteiger partial charge in [-0.05, 0) is 19.8 Å². The molecule has 0 bridgehead atoms. The van der Waals surface area contributed by atoms with Gasteiger partial charge in [0.15, 0.2) is 0 Å². The maximum absolute atomic E-state index is 5.51. The largest absolute Gasteiger partial charge is 0.326 e. The molecule has 3 nitrogen and oxygen atoms in total. The van der Waals surface area contributed by atoms with Crippen LogP contribution in [-0.4, -0.2) is 9.97 Å². The predicted octanol–water partition coefficient (Wildman–Crippen LogP) is 1.12. The SMILES string of the molecule is Cc1nc(C2CC2)ncc1CN. The first-order valence-corrected chi connectivity index (χ1v) is 4.33. The molecule has 0 atom stereocenters. The number of nitrogens with two attached hydrogens (primary N) is 1. The van der Waals surface area contributed by atoms with E-state index < -0.39 is 0 Å². The molecule has 1 aliphatic carbocycles. The molecule has 0 saturated heterocycles. The fourth-order valence-electron chi connectivity index (χ4n) is 1.25. The number of hydrogen-bond acceptors (Lipinski definition) is 3. The van der Waals surface area contributed by atoms with E-state index in [0.29, 0.717) is 12.5 Å². The standard InChI is InChI=1S/C9H13N3/c1-6-8(4-10)5-11-9(12-6)7-2-3-7/h5,7H,2-4,10H2,1H3. The van der Waals surface area contributed by atoms with Crippen molar-refractivity contribution < 1.29 is 0 Å². The zero-order valence-corrected chi connectivity index (χ0v) is 7.25. The summed E-state index contributed by atoms with van der Waals surface area (Å²) in [6, 6.07) is 0. The molecule has 64 valence electrons. The van der Waals surface area contributed by atoms with Gasteiger partial charge in [0.25, 0.3) is 0 Å². The van der Waals surface area contributed by atoms with Gasteiger partial charge in [0, 0.05) is 29.9 Å². The molecule has 1 aromatic heterocycles. The van der Waals surface area contributed by atoms with E-state index in [0.717, 1.165) is 17.1 Å². The van der Waals surface area contributed by atoms with Crippen LogP contribution in [0.25, 0.3) is 0 Å². The molecule has 0 aromatic carbocycles. The fourth-order valence-corrected chi connectivity index (χ4v) is 1.25. The Labute approximate surface area is 72.0 Å². The summed E-state index contributed by atoms with van der Waals surface area (Å²) in [5.74, 6) is 1.64. The Kier molecular flexibility index (Phi) is 1.81. The van der Waals surface area contributed by atoms with Crippen LogP contribution in [0.5, 0.6) is 0 Å². The zero-order chi connectivity index (χ0) is 8.55.